The third kappa shape index (κ3) is 3.04. The SMILES string of the molecule is CCCNC1CCC(C)(Cc2nc3ccccc3s2)C1. The monoisotopic (exact) mass is 288 g/mol. The lowest BCUT2D eigenvalue weighted by Gasteiger charge is -2.23. The summed E-state index contributed by atoms with van der Waals surface area (Å²) in [5.74, 6) is 0. The van der Waals surface area contributed by atoms with Crippen LogP contribution in [0.1, 0.15) is 44.5 Å². The summed E-state index contributed by atoms with van der Waals surface area (Å²) >= 11 is 1.87. The van der Waals surface area contributed by atoms with Gasteiger partial charge in [0.05, 0.1) is 15.2 Å². The minimum Gasteiger partial charge on any atom is -0.314 e. The molecule has 1 aromatic heterocycles. The fraction of sp³-hybridized carbons (Fsp3) is 0.588. The van der Waals surface area contributed by atoms with Gasteiger partial charge >= 0.3 is 0 Å². The summed E-state index contributed by atoms with van der Waals surface area (Å²) < 4.78 is 1.32. The Kier molecular flexibility index (Phi) is 4.08. The van der Waals surface area contributed by atoms with Gasteiger partial charge in [-0.05, 0) is 49.8 Å². The third-order valence-corrected chi connectivity index (χ3v) is 5.47. The first-order chi connectivity index (χ1) is 9.68. The average Bonchev–Trinajstić information content (AvgIpc) is 2.99. The summed E-state index contributed by atoms with van der Waals surface area (Å²) in [6, 6.07) is 9.20. The molecule has 1 N–H and O–H groups in total. The molecule has 2 atom stereocenters. The van der Waals surface area contributed by atoms with Gasteiger partial charge in [0.2, 0.25) is 0 Å². The van der Waals surface area contributed by atoms with Crippen LogP contribution in [0.4, 0.5) is 0 Å². The number of hydrogen-bond donors (Lipinski definition) is 1. The topological polar surface area (TPSA) is 24.9 Å². The highest BCUT2D eigenvalue weighted by Gasteiger charge is 2.35. The maximum absolute atomic E-state index is 4.81. The van der Waals surface area contributed by atoms with Crippen molar-refractivity contribution in [2.75, 3.05) is 6.54 Å². The van der Waals surface area contributed by atoms with Crippen LogP contribution in [-0.2, 0) is 6.42 Å². The number of thiazole rings is 1. The van der Waals surface area contributed by atoms with Crippen LogP contribution in [-0.4, -0.2) is 17.6 Å². The van der Waals surface area contributed by atoms with Crippen molar-refractivity contribution in [3.8, 4) is 0 Å². The molecule has 1 saturated carbocycles. The fourth-order valence-electron chi connectivity index (χ4n) is 3.37. The fourth-order valence-corrected chi connectivity index (χ4v) is 4.55. The smallest absolute Gasteiger partial charge is 0.0944 e. The number of hydrogen-bond acceptors (Lipinski definition) is 3. The Labute approximate surface area is 125 Å². The predicted octanol–water partition coefficient (Wildman–Crippen LogP) is 4.40. The molecule has 1 aromatic carbocycles. The van der Waals surface area contributed by atoms with Crippen molar-refractivity contribution in [1.82, 2.24) is 10.3 Å². The number of nitrogens with zero attached hydrogens (tertiary/aromatic N) is 1. The lowest BCUT2D eigenvalue weighted by Crippen LogP contribution is -2.28. The number of rotatable bonds is 5. The van der Waals surface area contributed by atoms with Gasteiger partial charge in [0, 0.05) is 12.5 Å². The van der Waals surface area contributed by atoms with Crippen LogP contribution in [0, 0.1) is 5.41 Å². The molecule has 2 aromatic rings. The van der Waals surface area contributed by atoms with Crippen LogP contribution >= 0.6 is 11.3 Å². The molecule has 0 amide bonds. The van der Waals surface area contributed by atoms with Crippen molar-refractivity contribution in [2.45, 2.75) is 52.0 Å². The van der Waals surface area contributed by atoms with E-state index in [4.69, 9.17) is 4.98 Å². The molecular formula is C17H24N2S. The number of benzene rings is 1. The van der Waals surface area contributed by atoms with E-state index in [1.54, 1.807) is 0 Å². The Bertz CT molecular complexity index is 544. The molecule has 0 saturated heterocycles. The summed E-state index contributed by atoms with van der Waals surface area (Å²) in [6.07, 6.45) is 6.30. The number of nitrogens with one attached hydrogen (secondary N) is 1. The van der Waals surface area contributed by atoms with Crippen LogP contribution in [0.15, 0.2) is 24.3 Å². The molecule has 2 unspecified atom stereocenters. The van der Waals surface area contributed by atoms with Crippen molar-refractivity contribution in [3.05, 3.63) is 29.3 Å². The van der Waals surface area contributed by atoms with E-state index >= 15 is 0 Å². The zero-order valence-corrected chi connectivity index (χ0v) is 13.3. The third-order valence-electron chi connectivity index (χ3n) is 4.43. The minimum absolute atomic E-state index is 0.430. The van der Waals surface area contributed by atoms with Crippen molar-refractivity contribution in [2.24, 2.45) is 5.41 Å². The standard InChI is InChI=1S/C17H24N2S/c1-3-10-18-13-8-9-17(2,11-13)12-16-19-14-6-4-5-7-15(14)20-16/h4-7,13,18H,3,8-12H2,1-2H3. The first-order valence-electron chi connectivity index (χ1n) is 7.76. The number of fused-ring (bicyclic) bond motifs is 1. The molecule has 20 heavy (non-hydrogen) atoms. The van der Waals surface area contributed by atoms with Gasteiger partial charge in [0.15, 0.2) is 0 Å². The van der Waals surface area contributed by atoms with Crippen LogP contribution in [0.2, 0.25) is 0 Å². The van der Waals surface area contributed by atoms with Crippen LogP contribution in [0.5, 0.6) is 0 Å². The average molecular weight is 288 g/mol. The van der Waals surface area contributed by atoms with E-state index in [2.05, 4.69) is 43.4 Å². The molecule has 1 fully saturated rings. The highest BCUT2D eigenvalue weighted by molar-refractivity contribution is 7.18. The molecule has 1 heterocycles. The van der Waals surface area contributed by atoms with Crippen molar-refractivity contribution < 1.29 is 0 Å². The second kappa shape index (κ2) is 5.82. The van der Waals surface area contributed by atoms with E-state index in [0.29, 0.717) is 11.5 Å². The van der Waals surface area contributed by atoms with E-state index < -0.39 is 0 Å². The second-order valence-electron chi connectivity index (χ2n) is 6.46. The molecule has 0 bridgehead atoms. The van der Waals surface area contributed by atoms with Gasteiger partial charge < -0.3 is 5.32 Å². The maximum Gasteiger partial charge on any atom is 0.0944 e. The molecule has 0 spiro atoms. The van der Waals surface area contributed by atoms with Gasteiger partial charge in [-0.25, -0.2) is 4.98 Å². The van der Waals surface area contributed by atoms with Gasteiger partial charge in [-0.2, -0.15) is 0 Å². The van der Waals surface area contributed by atoms with Crippen molar-refractivity contribution in [1.29, 1.82) is 0 Å². The minimum atomic E-state index is 0.430. The summed E-state index contributed by atoms with van der Waals surface area (Å²) in [4.78, 5) is 4.81. The van der Waals surface area contributed by atoms with Gasteiger partial charge in [-0.1, -0.05) is 26.0 Å². The molecule has 2 nitrogen and oxygen atoms in total. The molecule has 0 radical (unpaired) electrons. The molecule has 0 aliphatic heterocycles. The highest BCUT2D eigenvalue weighted by atomic mass is 32.1. The lowest BCUT2D eigenvalue weighted by molar-refractivity contribution is 0.321. The number of aromatic nitrogens is 1. The molecule has 3 heteroatoms. The van der Waals surface area contributed by atoms with Crippen molar-refractivity contribution in [3.63, 3.8) is 0 Å². The van der Waals surface area contributed by atoms with E-state index in [9.17, 15) is 0 Å². The van der Waals surface area contributed by atoms with Crippen molar-refractivity contribution >= 4 is 21.6 Å². The first kappa shape index (κ1) is 14.0. The summed E-state index contributed by atoms with van der Waals surface area (Å²) in [6.45, 7) is 5.83. The second-order valence-corrected chi connectivity index (χ2v) is 7.57. The lowest BCUT2D eigenvalue weighted by atomic mass is 9.85. The van der Waals surface area contributed by atoms with Gasteiger partial charge in [0.1, 0.15) is 0 Å². The molecule has 1 aliphatic rings. The highest BCUT2D eigenvalue weighted by Crippen LogP contribution is 2.41. The first-order valence-corrected chi connectivity index (χ1v) is 8.58. The summed E-state index contributed by atoms with van der Waals surface area (Å²) in [5, 5.41) is 4.99. The van der Waals surface area contributed by atoms with Crippen LogP contribution < -0.4 is 5.32 Å². The van der Waals surface area contributed by atoms with E-state index in [0.717, 1.165) is 18.5 Å². The van der Waals surface area contributed by atoms with Crippen LogP contribution in [0.3, 0.4) is 0 Å². The van der Waals surface area contributed by atoms with Gasteiger partial charge in [0.25, 0.3) is 0 Å². The Morgan fingerprint density at radius 2 is 2.25 bits per heavy atom. The maximum atomic E-state index is 4.81. The number of para-hydroxylation sites is 1. The molecule has 3 rings (SSSR count). The van der Waals surface area contributed by atoms with Gasteiger partial charge in [-0.3, -0.25) is 0 Å². The summed E-state index contributed by atoms with van der Waals surface area (Å²) in [7, 11) is 0. The molecule has 108 valence electrons. The normalized spacial score (nSPS) is 26.4. The Hall–Kier alpha value is -0.930. The van der Waals surface area contributed by atoms with E-state index in [-0.39, 0.29) is 0 Å². The van der Waals surface area contributed by atoms with Gasteiger partial charge in [-0.15, -0.1) is 11.3 Å². The Morgan fingerprint density at radius 3 is 3.05 bits per heavy atom. The summed E-state index contributed by atoms with van der Waals surface area (Å²) in [5.41, 5.74) is 1.59. The quantitative estimate of drug-likeness (QED) is 0.882. The Morgan fingerprint density at radius 1 is 1.40 bits per heavy atom. The largest absolute Gasteiger partial charge is 0.314 e. The molecule has 1 aliphatic carbocycles. The zero-order chi connectivity index (χ0) is 14.0. The zero-order valence-electron chi connectivity index (χ0n) is 12.5. The van der Waals surface area contributed by atoms with E-state index in [1.807, 2.05) is 11.3 Å². The molecular weight excluding hydrogens is 264 g/mol. The van der Waals surface area contributed by atoms with Crippen LogP contribution in [0.25, 0.3) is 10.2 Å². The predicted molar refractivity (Wildman–Crippen MR) is 87.4 cm³/mol. The Balaban J connectivity index is 1.67. The van der Waals surface area contributed by atoms with E-state index in [1.165, 1.54) is 35.4 Å².